The van der Waals surface area contributed by atoms with E-state index in [4.69, 9.17) is 4.74 Å². The number of ether oxygens (including phenoxy) is 1. The Labute approximate surface area is 192 Å². The molecule has 8 heteroatoms. The van der Waals surface area contributed by atoms with E-state index in [1.807, 2.05) is 31.2 Å². The van der Waals surface area contributed by atoms with Crippen LogP contribution in [-0.4, -0.2) is 42.4 Å². The van der Waals surface area contributed by atoms with Crippen molar-refractivity contribution < 1.29 is 23.9 Å². The van der Waals surface area contributed by atoms with Crippen LogP contribution >= 0.6 is 0 Å². The molecule has 2 aromatic carbocycles. The summed E-state index contributed by atoms with van der Waals surface area (Å²) in [5, 5.41) is 2.80. The SMILES string of the molecule is CCc1ccccc1N1C[C@@H](C(=O)OCC(=O)N2c3ccccc3NC(=O)C2(C)C)CC1=O. The van der Waals surface area contributed by atoms with Gasteiger partial charge in [-0.1, -0.05) is 37.3 Å². The quantitative estimate of drug-likeness (QED) is 0.708. The van der Waals surface area contributed by atoms with Crippen LogP contribution in [0.25, 0.3) is 0 Å². The van der Waals surface area contributed by atoms with Crippen LogP contribution in [-0.2, 0) is 30.3 Å². The highest BCUT2D eigenvalue weighted by Crippen LogP contribution is 2.37. The number of para-hydroxylation sites is 3. The molecule has 172 valence electrons. The number of carbonyl (C=O) groups excluding carboxylic acids is 4. The topological polar surface area (TPSA) is 96.0 Å². The summed E-state index contributed by atoms with van der Waals surface area (Å²) in [4.78, 5) is 53.9. The molecule has 0 radical (unpaired) electrons. The molecule has 0 aromatic heterocycles. The van der Waals surface area contributed by atoms with Gasteiger partial charge in [-0.25, -0.2) is 0 Å². The van der Waals surface area contributed by atoms with Crippen LogP contribution in [0.5, 0.6) is 0 Å². The first-order chi connectivity index (χ1) is 15.7. The Morgan fingerprint density at radius 1 is 1.06 bits per heavy atom. The van der Waals surface area contributed by atoms with Crippen molar-refractivity contribution in [2.45, 2.75) is 39.2 Å². The maximum Gasteiger partial charge on any atom is 0.311 e. The first kappa shape index (κ1) is 22.5. The second-order valence-electron chi connectivity index (χ2n) is 8.75. The fourth-order valence-corrected chi connectivity index (χ4v) is 4.39. The number of fused-ring (bicyclic) bond motifs is 1. The Morgan fingerprint density at radius 2 is 1.73 bits per heavy atom. The molecule has 0 saturated carbocycles. The molecule has 0 aliphatic carbocycles. The minimum absolute atomic E-state index is 0.0333. The van der Waals surface area contributed by atoms with E-state index in [1.54, 1.807) is 43.0 Å². The van der Waals surface area contributed by atoms with E-state index in [1.165, 1.54) is 4.90 Å². The average Bonchev–Trinajstić information content (AvgIpc) is 3.19. The van der Waals surface area contributed by atoms with Crippen LogP contribution in [0.2, 0.25) is 0 Å². The number of nitrogens with zero attached hydrogens (tertiary/aromatic N) is 2. The lowest BCUT2D eigenvalue weighted by Crippen LogP contribution is -2.59. The molecule has 2 aromatic rings. The molecule has 33 heavy (non-hydrogen) atoms. The summed E-state index contributed by atoms with van der Waals surface area (Å²) in [5.41, 5.74) is 1.74. The van der Waals surface area contributed by atoms with Gasteiger partial charge in [0.25, 0.3) is 5.91 Å². The predicted octanol–water partition coefficient (Wildman–Crippen LogP) is 2.91. The number of hydrogen-bond acceptors (Lipinski definition) is 5. The second kappa shape index (κ2) is 8.69. The fourth-order valence-electron chi connectivity index (χ4n) is 4.39. The van der Waals surface area contributed by atoms with Crippen LogP contribution < -0.4 is 15.1 Å². The zero-order valence-corrected chi connectivity index (χ0v) is 19.0. The van der Waals surface area contributed by atoms with Crippen LogP contribution in [0.15, 0.2) is 48.5 Å². The molecule has 3 amide bonds. The maximum atomic E-state index is 13.1. The van der Waals surface area contributed by atoms with E-state index < -0.39 is 29.9 Å². The van der Waals surface area contributed by atoms with Gasteiger partial charge in [0.1, 0.15) is 5.54 Å². The standard InChI is InChI=1S/C25H27N3O5/c1-4-16-9-5-7-11-19(16)27-14-17(13-21(27)29)23(31)33-15-22(30)28-20-12-8-6-10-18(20)26-24(32)25(28,2)3/h5-12,17H,4,13-15H2,1-3H3,(H,26,32)/t17-/m0/s1. The number of amides is 3. The van der Waals surface area contributed by atoms with E-state index in [9.17, 15) is 19.2 Å². The molecule has 0 spiro atoms. The fraction of sp³-hybridized carbons (Fsp3) is 0.360. The van der Waals surface area contributed by atoms with Gasteiger partial charge in [0.05, 0.1) is 17.3 Å². The third-order valence-electron chi connectivity index (χ3n) is 6.22. The molecule has 0 unspecified atom stereocenters. The molecule has 4 rings (SSSR count). The smallest absolute Gasteiger partial charge is 0.311 e. The summed E-state index contributed by atoms with van der Waals surface area (Å²) in [6.45, 7) is 4.98. The lowest BCUT2D eigenvalue weighted by atomic mass is 9.96. The van der Waals surface area contributed by atoms with Gasteiger partial charge in [-0.3, -0.25) is 24.1 Å². The number of esters is 1. The average molecular weight is 450 g/mol. The van der Waals surface area contributed by atoms with Gasteiger partial charge in [-0.05, 0) is 44.0 Å². The van der Waals surface area contributed by atoms with Crippen molar-refractivity contribution in [3.05, 3.63) is 54.1 Å². The molecule has 8 nitrogen and oxygen atoms in total. The van der Waals surface area contributed by atoms with Gasteiger partial charge in [0.15, 0.2) is 6.61 Å². The van der Waals surface area contributed by atoms with E-state index in [0.29, 0.717) is 11.4 Å². The predicted molar refractivity (Wildman–Crippen MR) is 124 cm³/mol. The first-order valence-corrected chi connectivity index (χ1v) is 11.0. The largest absolute Gasteiger partial charge is 0.455 e. The minimum atomic E-state index is -1.15. The van der Waals surface area contributed by atoms with Crippen molar-refractivity contribution in [2.75, 3.05) is 28.3 Å². The van der Waals surface area contributed by atoms with Gasteiger partial charge in [-0.2, -0.15) is 0 Å². The van der Waals surface area contributed by atoms with E-state index in [2.05, 4.69) is 5.32 Å². The monoisotopic (exact) mass is 449 g/mol. The van der Waals surface area contributed by atoms with Crippen molar-refractivity contribution >= 4 is 40.8 Å². The van der Waals surface area contributed by atoms with Gasteiger partial charge in [-0.15, -0.1) is 0 Å². The minimum Gasteiger partial charge on any atom is -0.455 e. The van der Waals surface area contributed by atoms with Crippen LogP contribution in [0.4, 0.5) is 17.1 Å². The van der Waals surface area contributed by atoms with E-state index in [0.717, 1.165) is 17.7 Å². The van der Waals surface area contributed by atoms with Crippen LogP contribution in [0.3, 0.4) is 0 Å². The van der Waals surface area contributed by atoms with Crippen LogP contribution in [0.1, 0.15) is 32.8 Å². The Bertz CT molecular complexity index is 1130. The van der Waals surface area contributed by atoms with Gasteiger partial charge < -0.3 is 15.0 Å². The Kier molecular flexibility index (Phi) is 5.93. The molecule has 1 atom stereocenters. The summed E-state index contributed by atoms with van der Waals surface area (Å²) in [7, 11) is 0. The van der Waals surface area contributed by atoms with Crippen molar-refractivity contribution in [3.63, 3.8) is 0 Å². The highest BCUT2D eigenvalue weighted by atomic mass is 16.5. The molecule has 2 aliphatic rings. The molecular formula is C25H27N3O5. The van der Waals surface area contributed by atoms with E-state index in [-0.39, 0.29) is 24.8 Å². The number of carbonyl (C=O) groups is 4. The second-order valence-corrected chi connectivity index (χ2v) is 8.75. The van der Waals surface area contributed by atoms with Gasteiger partial charge in [0, 0.05) is 18.7 Å². The highest BCUT2D eigenvalue weighted by Gasteiger charge is 2.44. The Balaban J connectivity index is 1.44. The molecule has 2 heterocycles. The number of nitrogens with one attached hydrogen (secondary N) is 1. The van der Waals surface area contributed by atoms with Crippen molar-refractivity contribution in [1.29, 1.82) is 0 Å². The van der Waals surface area contributed by atoms with Crippen LogP contribution in [0, 0.1) is 5.92 Å². The lowest BCUT2D eigenvalue weighted by molar-refractivity contribution is -0.152. The van der Waals surface area contributed by atoms with Crippen molar-refractivity contribution in [1.82, 2.24) is 0 Å². The summed E-state index contributed by atoms with van der Waals surface area (Å²) >= 11 is 0. The zero-order valence-electron chi connectivity index (χ0n) is 19.0. The van der Waals surface area contributed by atoms with Crippen molar-refractivity contribution in [3.8, 4) is 0 Å². The summed E-state index contributed by atoms with van der Waals surface area (Å²) < 4.78 is 5.33. The Morgan fingerprint density at radius 3 is 2.45 bits per heavy atom. The highest BCUT2D eigenvalue weighted by molar-refractivity contribution is 6.14. The maximum absolute atomic E-state index is 13.1. The number of aryl methyl sites for hydroxylation is 1. The molecular weight excluding hydrogens is 422 g/mol. The lowest BCUT2D eigenvalue weighted by Gasteiger charge is -2.41. The van der Waals surface area contributed by atoms with Gasteiger partial charge >= 0.3 is 5.97 Å². The molecule has 2 aliphatic heterocycles. The van der Waals surface area contributed by atoms with Gasteiger partial charge in [0.2, 0.25) is 11.8 Å². The Hall–Kier alpha value is -3.68. The number of benzene rings is 2. The molecule has 1 N–H and O–H groups in total. The summed E-state index contributed by atoms with van der Waals surface area (Å²) in [6, 6.07) is 14.6. The first-order valence-electron chi connectivity index (χ1n) is 11.0. The number of hydrogen-bond donors (Lipinski definition) is 1. The third-order valence-corrected chi connectivity index (χ3v) is 6.22. The summed E-state index contributed by atoms with van der Waals surface area (Å²) in [6.07, 6.45) is 0.801. The zero-order chi connectivity index (χ0) is 23.8. The molecule has 1 fully saturated rings. The summed E-state index contributed by atoms with van der Waals surface area (Å²) in [5.74, 6) is -2.23. The normalized spacial score (nSPS) is 19.2. The van der Waals surface area contributed by atoms with E-state index >= 15 is 0 Å². The van der Waals surface area contributed by atoms with Crippen molar-refractivity contribution in [2.24, 2.45) is 5.92 Å². The number of anilines is 3. The third kappa shape index (κ3) is 4.08. The molecule has 1 saturated heterocycles. The molecule has 0 bridgehead atoms. The number of rotatable bonds is 5.